The van der Waals surface area contributed by atoms with E-state index in [1.54, 1.807) is 16.7 Å². The molecule has 3 heterocycles. The molecule has 4 aromatic rings. The zero-order valence-corrected chi connectivity index (χ0v) is 12.3. The Morgan fingerprint density at radius 2 is 2.13 bits per heavy atom. The Kier molecular flexibility index (Phi) is 3.11. The Hall–Kier alpha value is -3.09. The monoisotopic (exact) mass is 309 g/mol. The van der Waals surface area contributed by atoms with Crippen LogP contribution in [0.5, 0.6) is 0 Å². The molecule has 0 unspecified atom stereocenters. The minimum Gasteiger partial charge on any atom is -0.332 e. The summed E-state index contributed by atoms with van der Waals surface area (Å²) in [4.78, 5) is 13.0. The van der Waals surface area contributed by atoms with Crippen LogP contribution in [0.3, 0.4) is 0 Å². The van der Waals surface area contributed by atoms with Gasteiger partial charge in [-0.2, -0.15) is 4.98 Å². The molecule has 0 fully saturated rings. The summed E-state index contributed by atoms with van der Waals surface area (Å²) in [7, 11) is 0. The molecule has 3 aromatic heterocycles. The van der Waals surface area contributed by atoms with E-state index in [2.05, 4.69) is 20.1 Å². The normalized spacial score (nSPS) is 11.2. The number of imidazole rings is 1. The number of hydrogen-bond acceptors (Lipinski definition) is 5. The van der Waals surface area contributed by atoms with Gasteiger partial charge in [-0.15, -0.1) is 0 Å². The summed E-state index contributed by atoms with van der Waals surface area (Å²) in [6.45, 7) is 1.86. The van der Waals surface area contributed by atoms with Gasteiger partial charge in [-0.1, -0.05) is 17.3 Å². The second-order valence-corrected chi connectivity index (χ2v) is 5.16. The average Bonchev–Trinajstić information content (AvgIpc) is 3.10. The molecular formula is C16H12FN5O. The van der Waals surface area contributed by atoms with Gasteiger partial charge in [0.1, 0.15) is 11.5 Å². The van der Waals surface area contributed by atoms with E-state index in [1.807, 2.05) is 25.3 Å². The molecule has 0 aliphatic heterocycles. The number of hydrogen-bond donors (Lipinski definition) is 0. The van der Waals surface area contributed by atoms with Crippen molar-refractivity contribution in [1.29, 1.82) is 0 Å². The molecule has 0 atom stereocenters. The fourth-order valence-corrected chi connectivity index (χ4v) is 2.51. The number of halogens is 1. The number of rotatable bonds is 3. The van der Waals surface area contributed by atoms with Crippen molar-refractivity contribution < 1.29 is 8.91 Å². The molecule has 0 spiro atoms. The van der Waals surface area contributed by atoms with Gasteiger partial charge >= 0.3 is 0 Å². The summed E-state index contributed by atoms with van der Waals surface area (Å²) in [5.74, 6) is 1.15. The summed E-state index contributed by atoms with van der Waals surface area (Å²) < 4.78 is 20.4. The molecule has 0 saturated heterocycles. The summed E-state index contributed by atoms with van der Waals surface area (Å²) >= 11 is 0. The second kappa shape index (κ2) is 5.28. The Morgan fingerprint density at radius 3 is 3.00 bits per heavy atom. The van der Waals surface area contributed by atoms with Gasteiger partial charge in [-0.3, -0.25) is 4.40 Å². The van der Waals surface area contributed by atoms with Gasteiger partial charge < -0.3 is 4.52 Å². The van der Waals surface area contributed by atoms with E-state index in [-0.39, 0.29) is 5.82 Å². The summed E-state index contributed by atoms with van der Waals surface area (Å²) in [5, 5.41) is 3.97. The third-order valence-corrected chi connectivity index (χ3v) is 3.50. The van der Waals surface area contributed by atoms with E-state index < -0.39 is 0 Å². The Morgan fingerprint density at radius 1 is 1.22 bits per heavy atom. The van der Waals surface area contributed by atoms with Crippen LogP contribution < -0.4 is 0 Å². The number of aromatic nitrogens is 5. The van der Waals surface area contributed by atoms with Crippen LogP contribution in [0.1, 0.15) is 17.1 Å². The van der Waals surface area contributed by atoms with E-state index in [0.717, 1.165) is 11.3 Å². The lowest BCUT2D eigenvalue weighted by molar-refractivity contribution is 0.422. The van der Waals surface area contributed by atoms with Crippen LogP contribution in [0, 0.1) is 12.7 Å². The molecule has 6 nitrogen and oxygen atoms in total. The third-order valence-electron chi connectivity index (χ3n) is 3.50. The molecule has 0 radical (unpaired) electrons. The molecule has 0 aliphatic carbocycles. The van der Waals surface area contributed by atoms with E-state index in [0.29, 0.717) is 29.6 Å². The fraction of sp³-hybridized carbons (Fsp3) is 0.125. The molecule has 0 aliphatic rings. The third kappa shape index (κ3) is 2.46. The summed E-state index contributed by atoms with van der Waals surface area (Å²) in [6.07, 6.45) is 3.91. The maximum absolute atomic E-state index is 13.2. The van der Waals surface area contributed by atoms with Crippen molar-refractivity contribution in [2.45, 2.75) is 13.3 Å². The lowest BCUT2D eigenvalue weighted by Gasteiger charge is -1.96. The van der Waals surface area contributed by atoms with Crippen LogP contribution in [-0.2, 0) is 6.42 Å². The molecule has 1 aromatic carbocycles. The molecule has 4 rings (SSSR count). The first-order valence-corrected chi connectivity index (χ1v) is 7.08. The quantitative estimate of drug-likeness (QED) is 0.582. The van der Waals surface area contributed by atoms with Crippen molar-refractivity contribution in [1.82, 2.24) is 24.5 Å². The predicted octanol–water partition coefficient (Wildman–Crippen LogP) is 2.82. The molecule has 0 amide bonds. The van der Waals surface area contributed by atoms with E-state index in [4.69, 9.17) is 4.52 Å². The first kappa shape index (κ1) is 13.6. The van der Waals surface area contributed by atoms with Crippen LogP contribution >= 0.6 is 0 Å². The van der Waals surface area contributed by atoms with E-state index in [1.165, 1.54) is 12.1 Å². The lowest BCUT2D eigenvalue weighted by Crippen LogP contribution is -1.93. The molecule has 0 saturated carbocycles. The highest BCUT2D eigenvalue weighted by molar-refractivity contribution is 5.57. The highest BCUT2D eigenvalue weighted by atomic mass is 19.1. The van der Waals surface area contributed by atoms with Gasteiger partial charge in [-0.05, 0) is 30.7 Å². The molecule has 0 N–H and O–H groups in total. The highest BCUT2D eigenvalue weighted by Crippen LogP contribution is 2.22. The first-order valence-electron chi connectivity index (χ1n) is 7.08. The van der Waals surface area contributed by atoms with Crippen LogP contribution in [0.15, 0.2) is 47.2 Å². The Labute approximate surface area is 130 Å². The maximum atomic E-state index is 13.2. The van der Waals surface area contributed by atoms with Crippen molar-refractivity contribution in [2.24, 2.45) is 0 Å². The van der Waals surface area contributed by atoms with Crippen molar-refractivity contribution in [2.75, 3.05) is 0 Å². The average molecular weight is 309 g/mol. The SMILES string of the molecule is Cc1nc2ncccn2c1-c1nc(Cc2cccc(F)c2)no1. The van der Waals surface area contributed by atoms with Gasteiger partial charge in [0.15, 0.2) is 5.82 Å². The Bertz CT molecular complexity index is 991. The van der Waals surface area contributed by atoms with Crippen LogP contribution in [0.25, 0.3) is 17.4 Å². The van der Waals surface area contributed by atoms with Crippen LogP contribution in [-0.4, -0.2) is 24.5 Å². The fourth-order valence-electron chi connectivity index (χ4n) is 2.51. The number of aryl methyl sites for hydroxylation is 1. The van der Waals surface area contributed by atoms with Gasteiger partial charge in [-0.25, -0.2) is 14.4 Å². The van der Waals surface area contributed by atoms with Crippen molar-refractivity contribution in [3.05, 3.63) is 65.6 Å². The zero-order valence-electron chi connectivity index (χ0n) is 12.3. The molecule has 23 heavy (non-hydrogen) atoms. The van der Waals surface area contributed by atoms with Crippen LogP contribution in [0.2, 0.25) is 0 Å². The Balaban J connectivity index is 1.71. The molecular weight excluding hydrogens is 297 g/mol. The molecule has 0 bridgehead atoms. The number of fused-ring (bicyclic) bond motifs is 1. The second-order valence-electron chi connectivity index (χ2n) is 5.16. The van der Waals surface area contributed by atoms with Crippen molar-refractivity contribution >= 4 is 5.78 Å². The predicted molar refractivity (Wildman–Crippen MR) is 80.2 cm³/mol. The van der Waals surface area contributed by atoms with E-state index in [9.17, 15) is 4.39 Å². The van der Waals surface area contributed by atoms with Gasteiger partial charge in [0, 0.05) is 18.8 Å². The van der Waals surface area contributed by atoms with Gasteiger partial charge in [0.05, 0.1) is 5.69 Å². The number of benzene rings is 1. The molecule has 7 heteroatoms. The minimum absolute atomic E-state index is 0.282. The summed E-state index contributed by atoms with van der Waals surface area (Å²) in [5.41, 5.74) is 2.25. The lowest BCUT2D eigenvalue weighted by atomic mass is 10.1. The smallest absolute Gasteiger partial charge is 0.276 e. The van der Waals surface area contributed by atoms with Gasteiger partial charge in [0.25, 0.3) is 5.89 Å². The van der Waals surface area contributed by atoms with Crippen molar-refractivity contribution in [3.63, 3.8) is 0 Å². The standard InChI is InChI=1S/C16H12FN5O/c1-10-14(22-7-3-6-18-16(22)19-10)15-20-13(21-23-15)9-11-4-2-5-12(17)8-11/h2-8H,9H2,1H3. The highest BCUT2D eigenvalue weighted by Gasteiger charge is 2.18. The first-order chi connectivity index (χ1) is 11.2. The van der Waals surface area contributed by atoms with Gasteiger partial charge in [0.2, 0.25) is 5.78 Å². The largest absolute Gasteiger partial charge is 0.332 e. The maximum Gasteiger partial charge on any atom is 0.276 e. The van der Waals surface area contributed by atoms with Crippen molar-refractivity contribution in [3.8, 4) is 11.6 Å². The zero-order chi connectivity index (χ0) is 15.8. The van der Waals surface area contributed by atoms with Crippen LogP contribution in [0.4, 0.5) is 4.39 Å². The van der Waals surface area contributed by atoms with E-state index >= 15 is 0 Å². The topological polar surface area (TPSA) is 69.1 Å². The minimum atomic E-state index is -0.282. The summed E-state index contributed by atoms with van der Waals surface area (Å²) in [6, 6.07) is 8.15. The number of nitrogens with zero attached hydrogens (tertiary/aromatic N) is 5. The molecule has 114 valence electrons.